The predicted molar refractivity (Wildman–Crippen MR) is 129 cm³/mol. The SMILES string of the molecule is Cc1cccc(-c2nc(N3CCNCC3)sc2-c2ccnc(NC3CCCCC3)n2)c1. The van der Waals surface area contributed by atoms with Crippen LogP contribution in [0.5, 0.6) is 0 Å². The lowest BCUT2D eigenvalue weighted by atomic mass is 9.96. The monoisotopic (exact) mass is 434 g/mol. The smallest absolute Gasteiger partial charge is 0.223 e. The Morgan fingerprint density at radius 3 is 2.71 bits per heavy atom. The summed E-state index contributed by atoms with van der Waals surface area (Å²) in [5.74, 6) is 0.733. The summed E-state index contributed by atoms with van der Waals surface area (Å²) < 4.78 is 0. The van der Waals surface area contributed by atoms with Crippen molar-refractivity contribution in [3.8, 4) is 21.8 Å². The summed E-state index contributed by atoms with van der Waals surface area (Å²) in [6, 6.07) is 11.1. The van der Waals surface area contributed by atoms with Crippen molar-refractivity contribution in [1.29, 1.82) is 0 Å². The minimum Gasteiger partial charge on any atom is -0.351 e. The molecule has 0 unspecified atom stereocenters. The van der Waals surface area contributed by atoms with Gasteiger partial charge in [0.15, 0.2) is 5.13 Å². The fraction of sp³-hybridized carbons (Fsp3) is 0.458. The van der Waals surface area contributed by atoms with Crippen molar-refractivity contribution in [2.24, 2.45) is 0 Å². The first-order valence-electron chi connectivity index (χ1n) is 11.4. The average molecular weight is 435 g/mol. The van der Waals surface area contributed by atoms with Crippen molar-refractivity contribution in [1.82, 2.24) is 20.3 Å². The Morgan fingerprint density at radius 2 is 1.90 bits per heavy atom. The summed E-state index contributed by atoms with van der Waals surface area (Å²) in [7, 11) is 0. The maximum absolute atomic E-state index is 5.10. The minimum absolute atomic E-state index is 0.484. The number of aryl methyl sites for hydroxylation is 1. The Balaban J connectivity index is 1.51. The maximum Gasteiger partial charge on any atom is 0.223 e. The second kappa shape index (κ2) is 9.32. The predicted octanol–water partition coefficient (Wildman–Crippen LogP) is 4.73. The fourth-order valence-electron chi connectivity index (χ4n) is 4.45. The molecule has 3 heterocycles. The van der Waals surface area contributed by atoms with E-state index in [4.69, 9.17) is 9.97 Å². The number of nitrogens with zero attached hydrogens (tertiary/aromatic N) is 4. The normalized spacial score (nSPS) is 17.6. The highest BCUT2D eigenvalue weighted by molar-refractivity contribution is 7.19. The first-order chi connectivity index (χ1) is 15.3. The van der Waals surface area contributed by atoms with Crippen molar-refractivity contribution < 1.29 is 0 Å². The zero-order valence-electron chi connectivity index (χ0n) is 18.1. The van der Waals surface area contributed by atoms with Crippen molar-refractivity contribution in [2.75, 3.05) is 36.4 Å². The topological polar surface area (TPSA) is 66.0 Å². The Hall–Kier alpha value is -2.51. The van der Waals surface area contributed by atoms with Gasteiger partial charge in [-0.15, -0.1) is 0 Å². The third-order valence-corrected chi connectivity index (χ3v) is 7.26. The van der Waals surface area contributed by atoms with E-state index in [1.54, 1.807) is 11.3 Å². The van der Waals surface area contributed by atoms with Gasteiger partial charge < -0.3 is 15.5 Å². The van der Waals surface area contributed by atoms with Crippen molar-refractivity contribution in [3.05, 3.63) is 42.1 Å². The highest BCUT2D eigenvalue weighted by atomic mass is 32.1. The van der Waals surface area contributed by atoms with Gasteiger partial charge in [0.1, 0.15) is 0 Å². The van der Waals surface area contributed by atoms with Crippen LogP contribution in [0.1, 0.15) is 37.7 Å². The second-order valence-corrected chi connectivity index (χ2v) is 9.50. The van der Waals surface area contributed by atoms with E-state index in [-0.39, 0.29) is 0 Å². The standard InChI is InChI=1S/C24H30N6S/c1-17-6-5-7-18(16-17)21-22(31-24(29-21)30-14-12-25-13-15-30)20-10-11-26-23(28-20)27-19-8-3-2-4-9-19/h5-7,10-11,16,19,25H,2-4,8-9,12-15H2,1H3,(H,26,27,28). The Kier molecular flexibility index (Phi) is 6.13. The van der Waals surface area contributed by atoms with E-state index in [0.717, 1.165) is 59.1 Å². The van der Waals surface area contributed by atoms with Gasteiger partial charge in [0.05, 0.1) is 16.3 Å². The van der Waals surface area contributed by atoms with Crippen molar-refractivity contribution in [2.45, 2.75) is 45.1 Å². The first kappa shape index (κ1) is 20.4. The molecule has 0 spiro atoms. The van der Waals surface area contributed by atoms with Gasteiger partial charge in [-0.2, -0.15) is 0 Å². The summed E-state index contributed by atoms with van der Waals surface area (Å²) in [5.41, 5.74) is 4.35. The van der Waals surface area contributed by atoms with E-state index in [1.165, 1.54) is 37.7 Å². The lowest BCUT2D eigenvalue weighted by molar-refractivity contribution is 0.461. The van der Waals surface area contributed by atoms with Crippen LogP contribution in [0.4, 0.5) is 11.1 Å². The minimum atomic E-state index is 0.484. The van der Waals surface area contributed by atoms with Gasteiger partial charge in [-0.3, -0.25) is 0 Å². The van der Waals surface area contributed by atoms with Gasteiger partial charge in [0.25, 0.3) is 0 Å². The molecule has 0 radical (unpaired) electrons. The number of benzene rings is 1. The Labute approximate surface area is 188 Å². The molecule has 6 nitrogen and oxygen atoms in total. The third kappa shape index (κ3) is 4.72. The molecule has 31 heavy (non-hydrogen) atoms. The molecular weight excluding hydrogens is 404 g/mol. The van der Waals surface area contributed by atoms with E-state index in [1.807, 2.05) is 12.3 Å². The molecule has 162 valence electrons. The van der Waals surface area contributed by atoms with Gasteiger partial charge in [0.2, 0.25) is 5.95 Å². The molecule has 0 bridgehead atoms. The number of nitrogens with one attached hydrogen (secondary N) is 2. The van der Waals surface area contributed by atoms with Crippen LogP contribution < -0.4 is 15.5 Å². The highest BCUT2D eigenvalue weighted by Crippen LogP contribution is 2.40. The van der Waals surface area contributed by atoms with Crippen LogP contribution in [-0.4, -0.2) is 47.2 Å². The number of piperazine rings is 1. The fourth-order valence-corrected chi connectivity index (χ4v) is 5.56. The van der Waals surface area contributed by atoms with Crippen LogP contribution in [-0.2, 0) is 0 Å². The highest BCUT2D eigenvalue weighted by Gasteiger charge is 2.22. The van der Waals surface area contributed by atoms with Gasteiger partial charge in [-0.25, -0.2) is 15.0 Å². The summed E-state index contributed by atoms with van der Waals surface area (Å²) in [5, 5.41) is 8.08. The Morgan fingerprint density at radius 1 is 1.06 bits per heavy atom. The molecule has 1 saturated carbocycles. The molecule has 1 aliphatic carbocycles. The molecule has 2 aromatic heterocycles. The molecule has 3 aromatic rings. The second-order valence-electron chi connectivity index (χ2n) is 8.53. The third-order valence-electron chi connectivity index (χ3n) is 6.12. The first-order valence-corrected chi connectivity index (χ1v) is 12.2. The lowest BCUT2D eigenvalue weighted by Gasteiger charge is -2.26. The number of aromatic nitrogens is 3. The zero-order valence-corrected chi connectivity index (χ0v) is 18.9. The van der Waals surface area contributed by atoms with Crippen molar-refractivity contribution >= 4 is 22.4 Å². The summed E-state index contributed by atoms with van der Waals surface area (Å²) >= 11 is 1.74. The Bertz CT molecular complexity index is 1020. The van der Waals surface area contributed by atoms with E-state index in [2.05, 4.69) is 51.7 Å². The number of rotatable bonds is 5. The molecule has 2 N–H and O–H groups in total. The van der Waals surface area contributed by atoms with Gasteiger partial charge >= 0.3 is 0 Å². The van der Waals surface area contributed by atoms with Crippen molar-refractivity contribution in [3.63, 3.8) is 0 Å². The average Bonchev–Trinajstić information content (AvgIpc) is 3.26. The van der Waals surface area contributed by atoms with E-state index < -0.39 is 0 Å². The molecule has 2 aliphatic rings. The summed E-state index contributed by atoms with van der Waals surface area (Å²) in [4.78, 5) is 18.0. The van der Waals surface area contributed by atoms with Crippen LogP contribution >= 0.6 is 11.3 Å². The molecule has 0 atom stereocenters. The van der Waals surface area contributed by atoms with Gasteiger partial charge in [-0.1, -0.05) is 54.4 Å². The lowest BCUT2D eigenvalue weighted by Crippen LogP contribution is -2.43. The number of hydrogen-bond acceptors (Lipinski definition) is 7. The van der Waals surface area contributed by atoms with E-state index in [9.17, 15) is 0 Å². The molecule has 1 saturated heterocycles. The molecule has 2 fully saturated rings. The quantitative estimate of drug-likeness (QED) is 0.605. The zero-order chi connectivity index (χ0) is 21.0. The van der Waals surface area contributed by atoms with Crippen LogP contribution in [0.15, 0.2) is 36.5 Å². The van der Waals surface area contributed by atoms with Crippen LogP contribution in [0.25, 0.3) is 21.8 Å². The van der Waals surface area contributed by atoms with Gasteiger partial charge in [0, 0.05) is 44.0 Å². The molecule has 5 rings (SSSR count). The largest absolute Gasteiger partial charge is 0.351 e. The molecule has 7 heteroatoms. The van der Waals surface area contributed by atoms with Gasteiger partial charge in [-0.05, 0) is 31.9 Å². The summed E-state index contributed by atoms with van der Waals surface area (Å²) in [6.07, 6.45) is 8.20. The molecule has 1 aromatic carbocycles. The van der Waals surface area contributed by atoms with Crippen LogP contribution in [0, 0.1) is 6.92 Å². The van der Waals surface area contributed by atoms with E-state index in [0.29, 0.717) is 6.04 Å². The maximum atomic E-state index is 5.10. The molecule has 0 amide bonds. The number of hydrogen-bond donors (Lipinski definition) is 2. The summed E-state index contributed by atoms with van der Waals surface area (Å²) in [6.45, 7) is 6.09. The molecular formula is C24H30N6S. The molecule has 1 aliphatic heterocycles. The number of anilines is 2. The number of thiazole rings is 1. The van der Waals surface area contributed by atoms with E-state index >= 15 is 0 Å². The van der Waals surface area contributed by atoms with Crippen LogP contribution in [0.2, 0.25) is 0 Å². The van der Waals surface area contributed by atoms with Crippen LogP contribution in [0.3, 0.4) is 0 Å².